The van der Waals surface area contributed by atoms with Gasteiger partial charge in [-0.25, -0.2) is 9.78 Å². The summed E-state index contributed by atoms with van der Waals surface area (Å²) in [5.41, 5.74) is 3.40. The molecule has 0 radical (unpaired) electrons. The van der Waals surface area contributed by atoms with E-state index in [9.17, 15) is 9.59 Å². The van der Waals surface area contributed by atoms with Crippen molar-refractivity contribution in [2.75, 3.05) is 6.61 Å². The van der Waals surface area contributed by atoms with Crippen LogP contribution in [-0.4, -0.2) is 23.3 Å². The first-order valence-electron chi connectivity index (χ1n) is 8.02. The maximum atomic E-state index is 12.3. The highest BCUT2D eigenvalue weighted by Gasteiger charge is 2.18. The molecule has 1 aliphatic rings. The van der Waals surface area contributed by atoms with Gasteiger partial charge in [0.1, 0.15) is 5.01 Å². The largest absolute Gasteiger partial charge is 0.453 e. The highest BCUT2D eigenvalue weighted by Crippen LogP contribution is 2.28. The third kappa shape index (κ3) is 3.41. The Labute approximate surface area is 153 Å². The van der Waals surface area contributed by atoms with Gasteiger partial charge in [-0.15, -0.1) is 22.7 Å². The fourth-order valence-corrected chi connectivity index (χ4v) is 4.52. The van der Waals surface area contributed by atoms with Crippen molar-refractivity contribution in [3.63, 3.8) is 0 Å². The fourth-order valence-electron chi connectivity index (χ4n) is 2.91. The number of nitrogens with zero attached hydrogens (tertiary/aromatic N) is 1. The number of ketones is 1. The van der Waals surface area contributed by atoms with Crippen molar-refractivity contribution in [2.24, 2.45) is 0 Å². The summed E-state index contributed by atoms with van der Waals surface area (Å²) < 4.78 is 5.15. The van der Waals surface area contributed by atoms with Gasteiger partial charge in [0.2, 0.25) is 0 Å². The molecule has 6 heteroatoms. The first-order valence-corrected chi connectivity index (χ1v) is 9.78. The van der Waals surface area contributed by atoms with Gasteiger partial charge in [0.05, 0.1) is 4.88 Å². The van der Waals surface area contributed by atoms with E-state index in [0.717, 1.165) is 29.1 Å². The van der Waals surface area contributed by atoms with Gasteiger partial charge in [-0.1, -0.05) is 18.2 Å². The van der Waals surface area contributed by atoms with Gasteiger partial charge in [0.15, 0.2) is 18.1 Å². The number of carbonyl (C=O) groups excluding carboxylic acids is 2. The van der Waals surface area contributed by atoms with Crippen molar-refractivity contribution in [1.82, 2.24) is 4.98 Å². The minimum absolute atomic E-state index is 0.184. The molecule has 4 nitrogen and oxygen atoms in total. The minimum atomic E-state index is -0.562. The van der Waals surface area contributed by atoms with Gasteiger partial charge >= 0.3 is 5.97 Å². The van der Waals surface area contributed by atoms with E-state index < -0.39 is 5.97 Å². The second-order valence-corrected chi connectivity index (χ2v) is 7.66. The number of esters is 1. The lowest BCUT2D eigenvalue weighted by atomic mass is 10.0. The molecule has 126 valence electrons. The normalized spacial score (nSPS) is 12.8. The van der Waals surface area contributed by atoms with Crippen LogP contribution in [0, 0.1) is 0 Å². The molecular weight excluding hydrogens is 354 g/mol. The van der Waals surface area contributed by atoms with Gasteiger partial charge in [-0.2, -0.15) is 0 Å². The molecule has 0 N–H and O–H groups in total. The quantitative estimate of drug-likeness (QED) is 0.494. The molecule has 1 aliphatic carbocycles. The van der Waals surface area contributed by atoms with Crippen molar-refractivity contribution in [1.29, 1.82) is 0 Å². The van der Waals surface area contributed by atoms with Crippen LogP contribution >= 0.6 is 22.7 Å². The molecule has 0 bridgehead atoms. The molecule has 4 rings (SSSR count). The molecule has 0 atom stereocenters. The smallest absolute Gasteiger partial charge is 0.358 e. The van der Waals surface area contributed by atoms with Crippen molar-refractivity contribution < 1.29 is 14.3 Å². The summed E-state index contributed by atoms with van der Waals surface area (Å²) in [4.78, 5) is 29.7. The first-order chi connectivity index (χ1) is 12.2. The van der Waals surface area contributed by atoms with Gasteiger partial charge in [0, 0.05) is 10.9 Å². The molecule has 0 saturated carbocycles. The number of Topliss-reactive ketones (excluding diaryl/α,β-unsaturated/α-hetero) is 1. The molecule has 25 heavy (non-hydrogen) atoms. The summed E-state index contributed by atoms with van der Waals surface area (Å²) in [6.45, 7) is -0.260. The van der Waals surface area contributed by atoms with Crippen LogP contribution in [0.4, 0.5) is 0 Å². The van der Waals surface area contributed by atoms with E-state index in [-0.39, 0.29) is 18.1 Å². The van der Waals surface area contributed by atoms with Gasteiger partial charge in [0.25, 0.3) is 0 Å². The van der Waals surface area contributed by atoms with Crippen LogP contribution in [0.3, 0.4) is 0 Å². The molecule has 2 aromatic heterocycles. The third-order valence-corrected chi connectivity index (χ3v) is 6.08. The number of thiazole rings is 1. The molecule has 2 heterocycles. The molecule has 0 fully saturated rings. The molecule has 0 spiro atoms. The maximum Gasteiger partial charge on any atom is 0.358 e. The summed E-state index contributed by atoms with van der Waals surface area (Å²) in [5.74, 6) is -0.745. The second kappa shape index (κ2) is 6.90. The Morgan fingerprint density at radius 1 is 1.12 bits per heavy atom. The molecular formula is C19H15NO3S2. The number of fused-ring (bicyclic) bond motifs is 1. The third-order valence-electron chi connectivity index (χ3n) is 4.20. The standard InChI is InChI=1S/C19H15NO3S2/c21-16(14-7-6-12-3-1-4-13(12)9-14)10-23-19(22)15-11-25-18(20-15)17-5-2-8-24-17/h2,5-9,11H,1,3-4,10H2. The van der Waals surface area contributed by atoms with Crippen molar-refractivity contribution in [2.45, 2.75) is 19.3 Å². The SMILES string of the molecule is O=C(COC(=O)c1csc(-c2cccs2)n1)c1ccc2c(c1)CCC2. The number of hydrogen-bond donors (Lipinski definition) is 0. The first kappa shape index (κ1) is 16.2. The molecule has 3 aromatic rings. The Morgan fingerprint density at radius 3 is 2.84 bits per heavy atom. The van der Waals surface area contributed by atoms with Gasteiger partial charge in [-0.05, 0) is 47.9 Å². The Bertz CT molecular complexity index is 928. The summed E-state index contributed by atoms with van der Waals surface area (Å²) in [7, 11) is 0. The number of carbonyl (C=O) groups is 2. The van der Waals surface area contributed by atoms with Crippen molar-refractivity contribution in [3.8, 4) is 9.88 Å². The summed E-state index contributed by atoms with van der Waals surface area (Å²) in [6.07, 6.45) is 3.23. The number of benzene rings is 1. The van der Waals surface area contributed by atoms with E-state index in [0.29, 0.717) is 5.56 Å². The number of rotatable bonds is 5. The minimum Gasteiger partial charge on any atom is -0.453 e. The second-order valence-electron chi connectivity index (χ2n) is 5.85. The van der Waals surface area contributed by atoms with Crippen LogP contribution < -0.4 is 0 Å². The number of thiophene rings is 1. The predicted octanol–water partition coefficient (Wildman–Crippen LogP) is 4.40. The van der Waals surface area contributed by atoms with E-state index >= 15 is 0 Å². The van der Waals surface area contributed by atoms with Crippen LogP contribution in [-0.2, 0) is 17.6 Å². The van der Waals surface area contributed by atoms with Gasteiger partial charge < -0.3 is 4.74 Å². The van der Waals surface area contributed by atoms with E-state index in [1.54, 1.807) is 16.7 Å². The van der Waals surface area contributed by atoms with Crippen LogP contribution in [0.1, 0.15) is 38.4 Å². The highest BCUT2D eigenvalue weighted by molar-refractivity contribution is 7.20. The summed E-state index contributed by atoms with van der Waals surface area (Å²) >= 11 is 2.96. The Kier molecular flexibility index (Phi) is 4.46. The van der Waals surface area contributed by atoms with E-state index in [4.69, 9.17) is 4.74 Å². The van der Waals surface area contributed by atoms with Crippen LogP contribution in [0.5, 0.6) is 0 Å². The number of aromatic nitrogens is 1. The number of hydrogen-bond acceptors (Lipinski definition) is 6. The monoisotopic (exact) mass is 369 g/mol. The van der Waals surface area contributed by atoms with E-state index in [2.05, 4.69) is 4.98 Å². The zero-order valence-electron chi connectivity index (χ0n) is 13.4. The molecule has 0 aliphatic heterocycles. The Hall–Kier alpha value is -2.31. The zero-order valence-corrected chi connectivity index (χ0v) is 15.0. The molecule has 0 saturated heterocycles. The van der Waals surface area contributed by atoms with Crippen LogP contribution in [0.15, 0.2) is 41.1 Å². The predicted molar refractivity (Wildman–Crippen MR) is 98.5 cm³/mol. The maximum absolute atomic E-state index is 12.3. The topological polar surface area (TPSA) is 56.3 Å². The number of aryl methyl sites for hydroxylation is 2. The average Bonchev–Trinajstić information content (AvgIpc) is 3.38. The van der Waals surface area contributed by atoms with Crippen molar-refractivity contribution in [3.05, 3.63) is 63.5 Å². The molecule has 0 amide bonds. The fraction of sp³-hybridized carbons (Fsp3) is 0.211. The number of ether oxygens (including phenoxy) is 1. The zero-order chi connectivity index (χ0) is 17.2. The average molecular weight is 369 g/mol. The van der Waals surface area contributed by atoms with E-state index in [1.165, 1.54) is 22.5 Å². The Balaban J connectivity index is 1.39. The van der Waals surface area contributed by atoms with Crippen LogP contribution in [0.25, 0.3) is 9.88 Å². The summed E-state index contributed by atoms with van der Waals surface area (Å²) in [6, 6.07) is 9.64. The highest BCUT2D eigenvalue weighted by atomic mass is 32.1. The van der Waals surface area contributed by atoms with Crippen LogP contribution in [0.2, 0.25) is 0 Å². The lowest BCUT2D eigenvalue weighted by Gasteiger charge is -2.05. The van der Waals surface area contributed by atoms with Gasteiger partial charge in [-0.3, -0.25) is 4.79 Å². The molecule has 0 unspecified atom stereocenters. The van der Waals surface area contributed by atoms with E-state index in [1.807, 2.05) is 35.7 Å². The Morgan fingerprint density at radius 2 is 2.00 bits per heavy atom. The summed E-state index contributed by atoms with van der Waals surface area (Å²) in [5, 5.41) is 4.41. The molecule has 1 aromatic carbocycles. The van der Waals surface area contributed by atoms with Crippen molar-refractivity contribution >= 4 is 34.4 Å². The lowest BCUT2D eigenvalue weighted by molar-refractivity contribution is 0.0470. The lowest BCUT2D eigenvalue weighted by Crippen LogP contribution is -2.14.